The summed E-state index contributed by atoms with van der Waals surface area (Å²) in [6.07, 6.45) is 2.33. The number of esters is 2. The predicted molar refractivity (Wildman–Crippen MR) is 145 cm³/mol. The van der Waals surface area contributed by atoms with Gasteiger partial charge in [-0.1, -0.05) is 33.8 Å². The summed E-state index contributed by atoms with van der Waals surface area (Å²) >= 11 is 0. The van der Waals surface area contributed by atoms with Crippen LogP contribution >= 0.6 is 0 Å². The number of hydrogen-bond donors (Lipinski definition) is 1. The zero-order chi connectivity index (χ0) is 31.3. The molecule has 11 heteroatoms. The monoisotopic (exact) mass is 590 g/mol. The number of hydrogen-bond acceptors (Lipinski definition) is 10. The van der Waals surface area contributed by atoms with Crippen LogP contribution < -0.4 is 0 Å². The van der Waals surface area contributed by atoms with E-state index in [-0.39, 0.29) is 43.6 Å². The van der Waals surface area contributed by atoms with Crippen molar-refractivity contribution in [2.24, 2.45) is 28.6 Å². The molecule has 0 saturated heterocycles. The van der Waals surface area contributed by atoms with Crippen LogP contribution in [0.25, 0.3) is 0 Å². The molecular weight excluding hydrogens is 551 g/mol. The van der Waals surface area contributed by atoms with Crippen molar-refractivity contribution < 1.29 is 52.4 Å². The molecule has 0 bridgehead atoms. The largest absolute Gasteiger partial charge is 0.513 e. The van der Waals surface area contributed by atoms with Gasteiger partial charge in [-0.05, 0) is 50.8 Å². The van der Waals surface area contributed by atoms with Gasteiger partial charge in [0.15, 0.2) is 23.7 Å². The molecule has 10 nitrogen and oxygen atoms in total. The minimum absolute atomic E-state index is 0.0185. The topological polar surface area (TPSA) is 143 Å². The lowest BCUT2D eigenvalue weighted by atomic mass is 9.46. The van der Waals surface area contributed by atoms with Crippen molar-refractivity contribution in [3.05, 3.63) is 35.6 Å². The molecule has 230 valence electrons. The number of alkyl halides is 1. The van der Waals surface area contributed by atoms with Crippen LogP contribution in [0.4, 0.5) is 9.18 Å². The summed E-state index contributed by atoms with van der Waals surface area (Å²) < 4.78 is 39.4. The van der Waals surface area contributed by atoms with Crippen molar-refractivity contribution in [2.75, 3.05) is 13.2 Å². The van der Waals surface area contributed by atoms with Gasteiger partial charge in [0.1, 0.15) is 5.76 Å². The molecule has 4 aliphatic rings. The molecule has 0 amide bonds. The molecule has 0 aromatic rings. The number of halogens is 1. The van der Waals surface area contributed by atoms with E-state index in [1.54, 1.807) is 34.6 Å². The highest BCUT2D eigenvalue weighted by Gasteiger charge is 2.77. The molecule has 42 heavy (non-hydrogen) atoms. The number of aliphatic hydroxyl groups excluding tert-OH is 1. The number of fused-ring (bicyclic) bond motifs is 5. The molecule has 4 aliphatic carbocycles. The van der Waals surface area contributed by atoms with Gasteiger partial charge >= 0.3 is 18.1 Å². The lowest BCUT2D eigenvalue weighted by Crippen LogP contribution is -2.69. The number of carbonyl (C=O) groups excluding carboxylic acids is 5. The molecule has 0 spiro atoms. The number of aliphatic hydroxyl groups is 1. The Kier molecular flexibility index (Phi) is 8.32. The van der Waals surface area contributed by atoms with Crippen molar-refractivity contribution in [2.45, 2.75) is 84.6 Å². The van der Waals surface area contributed by atoms with Crippen LogP contribution in [-0.4, -0.2) is 65.4 Å². The number of ether oxygens (including phenoxy) is 4. The van der Waals surface area contributed by atoms with Crippen molar-refractivity contribution in [1.82, 2.24) is 0 Å². The lowest BCUT2D eigenvalue weighted by Gasteiger charge is -2.61. The Hall–Kier alpha value is -3.34. The number of ketones is 2. The fraction of sp³-hybridized carbons (Fsp3) is 0.645. The van der Waals surface area contributed by atoms with E-state index < -0.39 is 82.2 Å². The zero-order valence-electron chi connectivity index (χ0n) is 24.9. The fourth-order valence-electron chi connectivity index (χ4n) is 7.88. The Balaban J connectivity index is 1.90. The third-order valence-corrected chi connectivity index (χ3v) is 9.89. The Morgan fingerprint density at radius 2 is 1.74 bits per heavy atom. The summed E-state index contributed by atoms with van der Waals surface area (Å²) in [5.41, 5.74) is -7.07. The number of rotatable bonds is 8. The van der Waals surface area contributed by atoms with E-state index in [9.17, 15) is 29.1 Å². The van der Waals surface area contributed by atoms with Gasteiger partial charge in [-0.15, -0.1) is 0 Å². The summed E-state index contributed by atoms with van der Waals surface area (Å²) in [6.45, 7) is 9.04. The Labute approximate surface area is 244 Å². The quantitative estimate of drug-likeness (QED) is 0.324. The van der Waals surface area contributed by atoms with Crippen LogP contribution in [0.1, 0.15) is 67.2 Å². The predicted octanol–water partition coefficient (Wildman–Crippen LogP) is 4.09. The first-order chi connectivity index (χ1) is 19.7. The SMILES string of the molecule is CCOC(=O)OC1=C[C@H]2[C@@H]3C[C@H](C)[C@@](OC(=O)CC)(C(=O)COC(=O)CC)[C@@]3(C)C[C@H](O)[C@]2(F)[C@@]2(C)C=CC(=O)C=C12. The van der Waals surface area contributed by atoms with Crippen molar-refractivity contribution in [3.8, 4) is 0 Å². The van der Waals surface area contributed by atoms with Gasteiger partial charge in [-0.3, -0.25) is 19.2 Å². The van der Waals surface area contributed by atoms with E-state index in [1.807, 2.05) is 0 Å². The minimum Gasteiger partial charge on any atom is -0.457 e. The zero-order valence-corrected chi connectivity index (χ0v) is 24.9. The molecule has 0 aromatic carbocycles. The van der Waals surface area contributed by atoms with Crippen molar-refractivity contribution in [1.29, 1.82) is 0 Å². The summed E-state index contributed by atoms with van der Waals surface area (Å²) in [6, 6.07) is 0. The first-order valence-electron chi connectivity index (χ1n) is 14.5. The minimum atomic E-state index is -2.40. The average molecular weight is 591 g/mol. The maximum Gasteiger partial charge on any atom is 0.513 e. The molecule has 0 unspecified atom stereocenters. The number of carbonyl (C=O) groups is 5. The molecule has 8 atom stereocenters. The molecule has 0 aromatic heterocycles. The first-order valence-corrected chi connectivity index (χ1v) is 14.5. The molecule has 4 rings (SSSR count). The Bertz CT molecular complexity index is 1280. The highest BCUT2D eigenvalue weighted by atomic mass is 19.1. The van der Waals surface area contributed by atoms with E-state index in [0.29, 0.717) is 0 Å². The van der Waals surface area contributed by atoms with Gasteiger partial charge in [0.2, 0.25) is 5.78 Å². The highest BCUT2D eigenvalue weighted by Crippen LogP contribution is 2.71. The molecule has 2 saturated carbocycles. The second-order valence-corrected chi connectivity index (χ2v) is 12.0. The van der Waals surface area contributed by atoms with Crippen LogP contribution in [0.3, 0.4) is 0 Å². The van der Waals surface area contributed by atoms with Crippen LogP contribution in [0, 0.1) is 28.6 Å². The van der Waals surface area contributed by atoms with Crippen LogP contribution in [0.2, 0.25) is 0 Å². The normalized spacial score (nSPS) is 38.2. The van der Waals surface area contributed by atoms with Gasteiger partial charge in [-0.2, -0.15) is 0 Å². The van der Waals surface area contributed by atoms with Gasteiger partial charge < -0.3 is 24.1 Å². The lowest BCUT2D eigenvalue weighted by molar-refractivity contribution is -0.219. The summed E-state index contributed by atoms with van der Waals surface area (Å²) in [5, 5.41) is 11.7. The third kappa shape index (κ3) is 4.42. The molecule has 2 fully saturated rings. The summed E-state index contributed by atoms with van der Waals surface area (Å²) in [5.74, 6) is -4.95. The molecule has 1 N–H and O–H groups in total. The van der Waals surface area contributed by atoms with Gasteiger partial charge in [-0.25, -0.2) is 9.18 Å². The highest BCUT2D eigenvalue weighted by molar-refractivity contribution is 6.02. The molecule has 0 radical (unpaired) electrons. The van der Waals surface area contributed by atoms with E-state index in [4.69, 9.17) is 18.9 Å². The van der Waals surface area contributed by atoms with Crippen molar-refractivity contribution in [3.63, 3.8) is 0 Å². The van der Waals surface area contributed by atoms with Gasteiger partial charge in [0.05, 0.1) is 18.1 Å². The first kappa shape index (κ1) is 31.6. The summed E-state index contributed by atoms with van der Waals surface area (Å²) in [4.78, 5) is 63.5. The summed E-state index contributed by atoms with van der Waals surface area (Å²) in [7, 11) is 0. The van der Waals surface area contributed by atoms with Gasteiger partial charge in [0.25, 0.3) is 0 Å². The maximum atomic E-state index is 17.8. The van der Waals surface area contributed by atoms with E-state index in [0.717, 1.165) is 0 Å². The fourth-order valence-corrected chi connectivity index (χ4v) is 7.88. The van der Waals surface area contributed by atoms with Crippen LogP contribution in [0.5, 0.6) is 0 Å². The molecule has 0 heterocycles. The third-order valence-electron chi connectivity index (χ3n) is 9.89. The Morgan fingerprint density at radius 3 is 2.36 bits per heavy atom. The van der Waals surface area contributed by atoms with Gasteiger partial charge in [0, 0.05) is 35.7 Å². The van der Waals surface area contributed by atoms with Crippen LogP contribution in [-0.2, 0) is 38.1 Å². The van der Waals surface area contributed by atoms with E-state index >= 15 is 4.39 Å². The van der Waals surface area contributed by atoms with Crippen LogP contribution in [0.15, 0.2) is 35.6 Å². The maximum absolute atomic E-state index is 17.8. The molecule has 0 aliphatic heterocycles. The average Bonchev–Trinajstić information content (AvgIpc) is 3.15. The van der Waals surface area contributed by atoms with Crippen molar-refractivity contribution >= 4 is 29.7 Å². The molecular formula is C31H39FO10. The van der Waals surface area contributed by atoms with E-state index in [1.165, 1.54) is 31.2 Å². The number of Topliss-reactive ketones (excluding diaryl/α,β-unsaturated/α-hetero) is 1. The standard InChI is InChI=1S/C31H39FO10/c1-7-25(36)40-16-24(35)31(42-26(37)8-2)17(4)12-19-20-14-22(41-27(38)39-9-3)21-13-18(33)10-11-28(21,5)30(20,32)23(34)15-29(19,31)6/h10-11,13-14,17,19-20,23,34H,7-9,12,15-16H2,1-6H3/t17-,19-,20-,23-,28-,29-,30-,31+/m0/s1. The van der Waals surface area contributed by atoms with E-state index in [2.05, 4.69) is 0 Å². The second-order valence-electron chi connectivity index (χ2n) is 12.0. The number of allylic oxidation sites excluding steroid dienone is 5. The Morgan fingerprint density at radius 1 is 1.07 bits per heavy atom. The smallest absolute Gasteiger partial charge is 0.457 e. The second kappa shape index (κ2) is 11.1.